The number of nitrogens with one attached hydrogen (secondary N) is 1. The molecule has 1 N–H and O–H groups in total. The monoisotopic (exact) mass is 515 g/mol. The molecule has 3 heterocycles. The summed E-state index contributed by atoms with van der Waals surface area (Å²) in [5, 5.41) is 7.67. The van der Waals surface area contributed by atoms with Crippen LogP contribution in [0.3, 0.4) is 0 Å². The molecule has 1 atom stereocenters. The molecule has 11 heteroatoms. The molecule has 2 aromatic rings. The lowest BCUT2D eigenvalue weighted by molar-refractivity contribution is -0.115. The van der Waals surface area contributed by atoms with Crippen LogP contribution in [0.5, 0.6) is 0 Å². The molecule has 0 saturated carbocycles. The van der Waals surface area contributed by atoms with Crippen LogP contribution in [0.2, 0.25) is 9.36 Å². The molecule has 1 amide bonds. The fourth-order valence-corrected chi connectivity index (χ4v) is 7.15. The molecule has 2 aliphatic heterocycles. The van der Waals surface area contributed by atoms with E-state index in [1.165, 1.54) is 10.4 Å². The minimum absolute atomic E-state index is 0.0902. The normalized spacial score (nSPS) is 19.4. The predicted octanol–water partition coefficient (Wildman–Crippen LogP) is 4.10. The lowest BCUT2D eigenvalue weighted by Gasteiger charge is -2.36. The number of oxime groups is 1. The molecule has 1 fully saturated rings. The average molecular weight is 516 g/mol. The summed E-state index contributed by atoms with van der Waals surface area (Å²) in [4.78, 5) is 18.3. The predicted molar refractivity (Wildman–Crippen MR) is 126 cm³/mol. The Kier molecular flexibility index (Phi) is 6.84. The standard InChI is InChI=1S/C21H23Cl2N3O4S2/c1-14(12-15-2-4-16(22)5-3-15)24-20(27)17-13-21(30-25-17)8-10-26(11-9-21)32(28,29)19-7-6-18(23)31-19/h2-7,14H,8-13H2,1H3,(H,24,27). The van der Waals surface area contributed by atoms with Crippen LogP contribution in [0.25, 0.3) is 0 Å². The van der Waals surface area contributed by atoms with E-state index in [0.29, 0.717) is 53.8 Å². The number of rotatable bonds is 6. The van der Waals surface area contributed by atoms with Crippen LogP contribution >= 0.6 is 34.5 Å². The minimum atomic E-state index is -3.58. The van der Waals surface area contributed by atoms with E-state index in [2.05, 4.69) is 10.5 Å². The molecular formula is C21H23Cl2N3O4S2. The molecule has 1 saturated heterocycles. The topological polar surface area (TPSA) is 88.1 Å². The number of amides is 1. The number of carbonyl (C=O) groups is 1. The van der Waals surface area contributed by atoms with Gasteiger partial charge in [-0.2, -0.15) is 4.31 Å². The van der Waals surface area contributed by atoms with Gasteiger partial charge in [-0.05, 0) is 43.2 Å². The quantitative estimate of drug-likeness (QED) is 0.626. The van der Waals surface area contributed by atoms with Crippen molar-refractivity contribution in [2.45, 2.75) is 48.5 Å². The summed E-state index contributed by atoms with van der Waals surface area (Å²) in [6.45, 7) is 2.53. The van der Waals surface area contributed by atoms with Gasteiger partial charge in [-0.1, -0.05) is 40.5 Å². The molecule has 1 unspecified atom stereocenters. The van der Waals surface area contributed by atoms with Crippen LogP contribution < -0.4 is 5.32 Å². The van der Waals surface area contributed by atoms with Crippen molar-refractivity contribution >= 4 is 56.2 Å². The Bertz CT molecular complexity index is 1120. The van der Waals surface area contributed by atoms with Crippen molar-refractivity contribution in [3.8, 4) is 0 Å². The number of carbonyl (C=O) groups excluding carboxylic acids is 1. The van der Waals surface area contributed by atoms with Gasteiger partial charge in [-0.25, -0.2) is 8.42 Å². The van der Waals surface area contributed by atoms with Crippen molar-refractivity contribution in [3.63, 3.8) is 0 Å². The first-order chi connectivity index (χ1) is 15.2. The molecule has 0 aliphatic carbocycles. The summed E-state index contributed by atoms with van der Waals surface area (Å²) in [7, 11) is -3.58. The highest BCUT2D eigenvalue weighted by Gasteiger charge is 2.46. The Morgan fingerprint density at radius 3 is 2.53 bits per heavy atom. The number of thiophene rings is 1. The molecule has 0 radical (unpaired) electrons. The van der Waals surface area contributed by atoms with E-state index in [1.54, 1.807) is 6.07 Å². The summed E-state index contributed by atoms with van der Waals surface area (Å²) in [6.07, 6.45) is 1.96. The molecule has 1 aromatic heterocycles. The van der Waals surface area contributed by atoms with Crippen LogP contribution in [0.15, 0.2) is 45.8 Å². The van der Waals surface area contributed by atoms with Crippen molar-refractivity contribution in [2.24, 2.45) is 5.16 Å². The van der Waals surface area contributed by atoms with E-state index < -0.39 is 15.6 Å². The molecule has 1 spiro atoms. The minimum Gasteiger partial charge on any atom is -0.388 e. The summed E-state index contributed by atoms with van der Waals surface area (Å²) in [6, 6.07) is 10.5. The fraction of sp³-hybridized carbons (Fsp3) is 0.429. The van der Waals surface area contributed by atoms with E-state index in [1.807, 2.05) is 31.2 Å². The first-order valence-corrected chi connectivity index (χ1v) is 13.2. The number of hydrogen-bond donors (Lipinski definition) is 1. The van der Waals surface area contributed by atoms with E-state index in [-0.39, 0.29) is 16.2 Å². The number of benzene rings is 1. The Morgan fingerprint density at radius 1 is 1.22 bits per heavy atom. The van der Waals surface area contributed by atoms with E-state index in [0.717, 1.165) is 16.9 Å². The second-order valence-electron chi connectivity index (χ2n) is 8.16. The molecule has 0 bridgehead atoms. The summed E-state index contributed by atoms with van der Waals surface area (Å²) >= 11 is 12.9. The third-order valence-electron chi connectivity index (χ3n) is 5.71. The summed E-state index contributed by atoms with van der Waals surface area (Å²) in [5.41, 5.74) is 0.781. The van der Waals surface area contributed by atoms with Crippen LogP contribution in [0.1, 0.15) is 31.7 Å². The van der Waals surface area contributed by atoms with Crippen LogP contribution in [-0.4, -0.2) is 49.1 Å². The second-order valence-corrected chi connectivity index (χ2v) is 12.5. The molecule has 4 rings (SSSR count). The van der Waals surface area contributed by atoms with Crippen LogP contribution in [-0.2, 0) is 26.1 Å². The maximum Gasteiger partial charge on any atom is 0.269 e. The van der Waals surface area contributed by atoms with E-state index in [4.69, 9.17) is 28.0 Å². The van der Waals surface area contributed by atoms with Crippen molar-refractivity contribution in [1.29, 1.82) is 0 Å². The first-order valence-electron chi connectivity index (χ1n) is 10.2. The maximum atomic E-state index is 12.8. The lowest BCUT2D eigenvalue weighted by Crippen LogP contribution is -2.47. The number of halogens is 2. The number of sulfonamides is 1. The van der Waals surface area contributed by atoms with Crippen molar-refractivity contribution in [3.05, 3.63) is 51.3 Å². The maximum absolute atomic E-state index is 12.8. The molecule has 32 heavy (non-hydrogen) atoms. The summed E-state index contributed by atoms with van der Waals surface area (Å²) in [5.74, 6) is -0.258. The zero-order chi connectivity index (χ0) is 22.9. The number of nitrogens with zero attached hydrogens (tertiary/aromatic N) is 2. The van der Waals surface area contributed by atoms with Crippen LogP contribution in [0, 0.1) is 0 Å². The Labute approximate surface area is 201 Å². The van der Waals surface area contributed by atoms with Gasteiger partial charge >= 0.3 is 0 Å². The van der Waals surface area contributed by atoms with Gasteiger partial charge in [0.2, 0.25) is 0 Å². The molecule has 2 aliphatic rings. The van der Waals surface area contributed by atoms with Gasteiger partial charge in [0.05, 0.1) is 4.34 Å². The van der Waals surface area contributed by atoms with Gasteiger partial charge in [0.25, 0.3) is 15.9 Å². The van der Waals surface area contributed by atoms with E-state index in [9.17, 15) is 13.2 Å². The van der Waals surface area contributed by atoms with Crippen molar-refractivity contribution in [1.82, 2.24) is 9.62 Å². The average Bonchev–Trinajstić information content (AvgIpc) is 3.37. The highest BCUT2D eigenvalue weighted by molar-refractivity contribution is 7.91. The van der Waals surface area contributed by atoms with Crippen molar-refractivity contribution in [2.75, 3.05) is 13.1 Å². The lowest BCUT2D eigenvalue weighted by atomic mass is 9.87. The smallest absolute Gasteiger partial charge is 0.269 e. The van der Waals surface area contributed by atoms with Crippen LogP contribution in [0.4, 0.5) is 0 Å². The highest BCUT2D eigenvalue weighted by Crippen LogP contribution is 2.37. The Hall–Kier alpha value is -1.65. The third kappa shape index (κ3) is 5.12. The molecule has 7 nitrogen and oxygen atoms in total. The van der Waals surface area contributed by atoms with Gasteiger partial charge in [0, 0.05) is 43.4 Å². The van der Waals surface area contributed by atoms with Crippen molar-refractivity contribution < 1.29 is 18.0 Å². The van der Waals surface area contributed by atoms with Gasteiger partial charge in [0.15, 0.2) is 0 Å². The summed E-state index contributed by atoms with van der Waals surface area (Å²) < 4.78 is 27.7. The molecule has 172 valence electrons. The molecule has 1 aromatic carbocycles. The Balaban J connectivity index is 1.30. The largest absolute Gasteiger partial charge is 0.388 e. The second kappa shape index (κ2) is 9.30. The first kappa shape index (κ1) is 23.5. The zero-order valence-electron chi connectivity index (χ0n) is 17.4. The van der Waals surface area contributed by atoms with Gasteiger partial charge in [-0.15, -0.1) is 11.3 Å². The Morgan fingerprint density at radius 2 is 1.91 bits per heavy atom. The molecular weight excluding hydrogens is 493 g/mol. The van der Waals surface area contributed by atoms with E-state index >= 15 is 0 Å². The highest BCUT2D eigenvalue weighted by atomic mass is 35.5. The van der Waals surface area contributed by atoms with Gasteiger partial charge in [-0.3, -0.25) is 4.79 Å². The van der Waals surface area contributed by atoms with Gasteiger partial charge in [0.1, 0.15) is 15.5 Å². The zero-order valence-corrected chi connectivity index (χ0v) is 20.5. The number of hydrogen-bond acceptors (Lipinski definition) is 6. The number of piperidine rings is 1. The SMILES string of the molecule is CC(Cc1ccc(Cl)cc1)NC(=O)C1=NOC2(CCN(S(=O)(=O)c3ccc(Cl)s3)CC2)C1. The van der Waals surface area contributed by atoms with Gasteiger partial charge < -0.3 is 10.2 Å². The third-order valence-corrected chi connectivity index (χ3v) is 9.56. The fourth-order valence-electron chi connectivity index (χ4n) is 3.94.